The summed E-state index contributed by atoms with van der Waals surface area (Å²) in [5.41, 5.74) is 2.58. The zero-order chi connectivity index (χ0) is 12.9. The standard InChI is InChI=1S/C17H19N2/c1-2-11-18(12-3-1)15-10-16-6-8-17(9-7-16)19-13-4-5-14-19/h1-3,6-12,15H,4-5,13-14H2/q+1. The van der Waals surface area contributed by atoms with Crippen molar-refractivity contribution < 1.29 is 4.57 Å². The molecule has 1 aliphatic rings. The lowest BCUT2D eigenvalue weighted by Gasteiger charge is -2.17. The quantitative estimate of drug-likeness (QED) is 0.760. The lowest BCUT2D eigenvalue weighted by atomic mass is 10.2. The SMILES string of the molecule is C(=C[n+]1ccccc1)c1ccc(N2CCCC2)cc1. The van der Waals surface area contributed by atoms with Crippen LogP contribution in [0.25, 0.3) is 12.3 Å². The van der Waals surface area contributed by atoms with Crippen LogP contribution in [0.2, 0.25) is 0 Å². The Balaban J connectivity index is 1.70. The molecule has 0 atom stereocenters. The molecular weight excluding hydrogens is 232 g/mol. The molecule has 0 amide bonds. The van der Waals surface area contributed by atoms with Crippen molar-refractivity contribution in [1.29, 1.82) is 0 Å². The van der Waals surface area contributed by atoms with Crippen LogP contribution in [0.3, 0.4) is 0 Å². The Morgan fingerprint density at radius 3 is 2.26 bits per heavy atom. The molecule has 1 aromatic carbocycles. The highest BCUT2D eigenvalue weighted by molar-refractivity contribution is 5.60. The molecule has 1 aromatic heterocycles. The van der Waals surface area contributed by atoms with E-state index in [1.165, 1.54) is 37.2 Å². The summed E-state index contributed by atoms with van der Waals surface area (Å²) in [4.78, 5) is 2.46. The van der Waals surface area contributed by atoms with Gasteiger partial charge in [-0.1, -0.05) is 18.2 Å². The predicted octanol–water partition coefficient (Wildman–Crippen LogP) is 3.20. The zero-order valence-electron chi connectivity index (χ0n) is 11.1. The zero-order valence-corrected chi connectivity index (χ0v) is 11.1. The summed E-state index contributed by atoms with van der Waals surface area (Å²) in [5.74, 6) is 0. The molecule has 0 radical (unpaired) electrons. The monoisotopic (exact) mass is 251 g/mol. The molecule has 2 heteroatoms. The highest BCUT2D eigenvalue weighted by Crippen LogP contribution is 2.20. The lowest BCUT2D eigenvalue weighted by molar-refractivity contribution is -0.567. The van der Waals surface area contributed by atoms with Crippen LogP contribution in [0.5, 0.6) is 0 Å². The number of anilines is 1. The topological polar surface area (TPSA) is 7.12 Å². The van der Waals surface area contributed by atoms with Crippen molar-refractivity contribution in [1.82, 2.24) is 0 Å². The van der Waals surface area contributed by atoms with Gasteiger partial charge in [-0.25, -0.2) is 0 Å². The molecule has 2 aromatic rings. The van der Waals surface area contributed by atoms with Gasteiger partial charge < -0.3 is 4.90 Å². The van der Waals surface area contributed by atoms with E-state index in [2.05, 4.69) is 41.4 Å². The van der Waals surface area contributed by atoms with Crippen LogP contribution in [-0.4, -0.2) is 13.1 Å². The summed E-state index contributed by atoms with van der Waals surface area (Å²) in [6.45, 7) is 2.41. The largest absolute Gasteiger partial charge is 0.372 e. The smallest absolute Gasteiger partial charge is 0.175 e. The average Bonchev–Trinajstić information content (AvgIpc) is 3.01. The summed E-state index contributed by atoms with van der Waals surface area (Å²) in [6, 6.07) is 14.9. The van der Waals surface area contributed by atoms with Crippen LogP contribution in [-0.2, 0) is 0 Å². The fourth-order valence-electron chi connectivity index (χ4n) is 2.46. The highest BCUT2D eigenvalue weighted by atomic mass is 15.1. The number of hydrogen-bond donors (Lipinski definition) is 0. The molecule has 0 N–H and O–H groups in total. The van der Waals surface area contributed by atoms with E-state index < -0.39 is 0 Å². The number of pyridine rings is 1. The second-order valence-corrected chi connectivity index (χ2v) is 4.92. The summed E-state index contributed by atoms with van der Waals surface area (Å²) in [5, 5.41) is 0. The molecule has 19 heavy (non-hydrogen) atoms. The lowest BCUT2D eigenvalue weighted by Crippen LogP contribution is -2.23. The van der Waals surface area contributed by atoms with Crippen molar-refractivity contribution in [2.45, 2.75) is 12.8 Å². The van der Waals surface area contributed by atoms with E-state index in [4.69, 9.17) is 0 Å². The number of benzene rings is 1. The van der Waals surface area contributed by atoms with E-state index in [1.54, 1.807) is 0 Å². The summed E-state index contributed by atoms with van der Waals surface area (Å²) < 4.78 is 2.05. The first-order chi connectivity index (χ1) is 9.42. The van der Waals surface area contributed by atoms with Crippen LogP contribution in [0, 0.1) is 0 Å². The van der Waals surface area contributed by atoms with Crippen molar-refractivity contribution in [2.24, 2.45) is 0 Å². The number of nitrogens with zero attached hydrogens (tertiary/aromatic N) is 2. The molecule has 0 bridgehead atoms. The Bertz CT molecular complexity index is 537. The minimum atomic E-state index is 1.20. The molecule has 0 saturated carbocycles. The molecule has 2 heterocycles. The molecule has 2 nitrogen and oxygen atoms in total. The first-order valence-corrected chi connectivity index (χ1v) is 6.91. The molecule has 96 valence electrons. The molecule has 0 aliphatic carbocycles. The van der Waals surface area contributed by atoms with Gasteiger partial charge in [0, 0.05) is 37.0 Å². The maximum atomic E-state index is 2.46. The molecule has 1 saturated heterocycles. The van der Waals surface area contributed by atoms with Crippen molar-refractivity contribution in [3.05, 3.63) is 60.4 Å². The third-order valence-electron chi connectivity index (χ3n) is 3.54. The maximum Gasteiger partial charge on any atom is 0.175 e. The van der Waals surface area contributed by atoms with Gasteiger partial charge in [-0.05, 0) is 30.5 Å². The van der Waals surface area contributed by atoms with Crippen molar-refractivity contribution in [3.63, 3.8) is 0 Å². The molecular formula is C17H19N2+. The number of hydrogen-bond acceptors (Lipinski definition) is 1. The molecule has 1 aliphatic heterocycles. The van der Waals surface area contributed by atoms with Crippen LogP contribution in [0.4, 0.5) is 5.69 Å². The first-order valence-electron chi connectivity index (χ1n) is 6.91. The van der Waals surface area contributed by atoms with Gasteiger partial charge in [0.2, 0.25) is 0 Å². The van der Waals surface area contributed by atoms with Crippen LogP contribution in [0.15, 0.2) is 54.9 Å². The first kappa shape index (κ1) is 12.0. The fraction of sp³-hybridized carbons (Fsp3) is 0.235. The number of rotatable bonds is 3. The van der Waals surface area contributed by atoms with E-state index in [1.807, 2.05) is 35.2 Å². The Labute approximate surface area is 114 Å². The minimum Gasteiger partial charge on any atom is -0.372 e. The van der Waals surface area contributed by atoms with Gasteiger partial charge in [0.25, 0.3) is 0 Å². The maximum absolute atomic E-state index is 2.46. The van der Waals surface area contributed by atoms with Crippen LogP contribution < -0.4 is 9.47 Å². The summed E-state index contributed by atoms with van der Waals surface area (Å²) in [7, 11) is 0. The van der Waals surface area contributed by atoms with Crippen molar-refractivity contribution in [2.75, 3.05) is 18.0 Å². The number of aromatic nitrogens is 1. The highest BCUT2D eigenvalue weighted by Gasteiger charge is 2.11. The Morgan fingerprint density at radius 1 is 0.895 bits per heavy atom. The fourth-order valence-corrected chi connectivity index (χ4v) is 2.46. The second kappa shape index (κ2) is 5.70. The van der Waals surface area contributed by atoms with Gasteiger partial charge in [0.15, 0.2) is 18.6 Å². The van der Waals surface area contributed by atoms with E-state index in [0.717, 1.165) is 0 Å². The van der Waals surface area contributed by atoms with E-state index in [9.17, 15) is 0 Å². The van der Waals surface area contributed by atoms with E-state index in [0.29, 0.717) is 0 Å². The Kier molecular flexibility index (Phi) is 3.59. The van der Waals surface area contributed by atoms with E-state index in [-0.39, 0.29) is 0 Å². The predicted molar refractivity (Wildman–Crippen MR) is 79.8 cm³/mol. The van der Waals surface area contributed by atoms with Gasteiger partial charge in [0.1, 0.15) is 0 Å². The second-order valence-electron chi connectivity index (χ2n) is 4.92. The van der Waals surface area contributed by atoms with Gasteiger partial charge in [0.05, 0.1) is 0 Å². The normalized spacial score (nSPS) is 15.3. The average molecular weight is 251 g/mol. The van der Waals surface area contributed by atoms with Crippen LogP contribution >= 0.6 is 0 Å². The summed E-state index contributed by atoms with van der Waals surface area (Å²) in [6.07, 6.45) is 10.9. The third-order valence-corrected chi connectivity index (χ3v) is 3.54. The van der Waals surface area contributed by atoms with Crippen LogP contribution in [0.1, 0.15) is 18.4 Å². The van der Waals surface area contributed by atoms with E-state index >= 15 is 0 Å². The third kappa shape index (κ3) is 3.02. The molecule has 0 spiro atoms. The molecule has 1 fully saturated rings. The van der Waals surface area contributed by atoms with Crippen molar-refractivity contribution >= 4 is 18.0 Å². The molecule has 3 rings (SSSR count). The van der Waals surface area contributed by atoms with Gasteiger partial charge in [-0.2, -0.15) is 4.57 Å². The minimum absolute atomic E-state index is 1.20. The Hall–Kier alpha value is -2.09. The van der Waals surface area contributed by atoms with Gasteiger partial charge >= 0.3 is 0 Å². The van der Waals surface area contributed by atoms with Gasteiger partial charge in [-0.3, -0.25) is 0 Å². The van der Waals surface area contributed by atoms with Crippen molar-refractivity contribution in [3.8, 4) is 0 Å². The summed E-state index contributed by atoms with van der Waals surface area (Å²) >= 11 is 0. The molecule has 0 unspecified atom stereocenters. The Morgan fingerprint density at radius 2 is 1.58 bits per heavy atom. The van der Waals surface area contributed by atoms with Gasteiger partial charge in [-0.15, -0.1) is 0 Å².